The van der Waals surface area contributed by atoms with Crippen LogP contribution in [0.25, 0.3) is 10.9 Å². The van der Waals surface area contributed by atoms with E-state index >= 15 is 0 Å². The molecule has 1 aliphatic heterocycles. The predicted octanol–water partition coefficient (Wildman–Crippen LogP) is 3.16. The number of esters is 1. The van der Waals surface area contributed by atoms with E-state index in [9.17, 15) is 4.79 Å². The van der Waals surface area contributed by atoms with Crippen LogP contribution in [0.4, 0.5) is 0 Å². The largest absolute Gasteiger partial charge is 0.461 e. The summed E-state index contributed by atoms with van der Waals surface area (Å²) in [5.41, 5.74) is 1.81. The van der Waals surface area contributed by atoms with E-state index < -0.39 is 0 Å². The van der Waals surface area contributed by atoms with Crippen LogP contribution in [0, 0.1) is 5.92 Å². The first-order chi connectivity index (χ1) is 10.7. The molecule has 0 amide bonds. The van der Waals surface area contributed by atoms with Gasteiger partial charge in [0.05, 0.1) is 6.61 Å². The highest BCUT2D eigenvalue weighted by Crippen LogP contribution is 2.25. The lowest BCUT2D eigenvalue weighted by molar-refractivity contribution is 0.0512. The molecule has 22 heavy (non-hydrogen) atoms. The van der Waals surface area contributed by atoms with Crippen molar-refractivity contribution in [2.45, 2.75) is 26.3 Å². The van der Waals surface area contributed by atoms with Crippen molar-refractivity contribution in [1.29, 1.82) is 0 Å². The topological polar surface area (TPSA) is 34.5 Å². The van der Waals surface area contributed by atoms with Crippen LogP contribution in [-0.2, 0) is 11.3 Å². The van der Waals surface area contributed by atoms with Gasteiger partial charge in [-0.1, -0.05) is 18.2 Å². The Balaban J connectivity index is 1.91. The molecule has 1 fully saturated rings. The van der Waals surface area contributed by atoms with Gasteiger partial charge < -0.3 is 14.2 Å². The smallest absolute Gasteiger partial charge is 0.354 e. The lowest BCUT2D eigenvalue weighted by Crippen LogP contribution is -2.32. The number of carbonyl (C=O) groups excluding carboxylic acids is 1. The first-order valence-corrected chi connectivity index (χ1v) is 8.13. The van der Waals surface area contributed by atoms with Crippen LogP contribution in [0.3, 0.4) is 0 Å². The maximum atomic E-state index is 12.3. The highest BCUT2D eigenvalue weighted by atomic mass is 16.5. The summed E-state index contributed by atoms with van der Waals surface area (Å²) >= 11 is 0. The molecule has 4 heteroatoms. The monoisotopic (exact) mass is 300 g/mol. The number of aromatic nitrogens is 1. The molecule has 1 saturated heterocycles. The molecule has 2 aromatic rings. The molecule has 1 aromatic heterocycles. The normalized spacial score (nSPS) is 17.0. The average molecular weight is 300 g/mol. The zero-order valence-electron chi connectivity index (χ0n) is 13.4. The third kappa shape index (κ3) is 3.02. The first-order valence-electron chi connectivity index (χ1n) is 8.13. The van der Waals surface area contributed by atoms with Gasteiger partial charge in [0.2, 0.25) is 0 Å². The van der Waals surface area contributed by atoms with Gasteiger partial charge in [0, 0.05) is 17.4 Å². The summed E-state index contributed by atoms with van der Waals surface area (Å²) in [6.45, 7) is 5.43. The average Bonchev–Trinajstić information content (AvgIpc) is 2.89. The maximum absolute atomic E-state index is 12.3. The number of para-hydroxylation sites is 1. The van der Waals surface area contributed by atoms with Crippen molar-refractivity contribution in [3.8, 4) is 0 Å². The number of fused-ring (bicyclic) bond motifs is 1. The van der Waals surface area contributed by atoms with Crippen LogP contribution >= 0.6 is 0 Å². The third-order valence-electron chi connectivity index (χ3n) is 4.57. The van der Waals surface area contributed by atoms with Crippen LogP contribution in [0.2, 0.25) is 0 Å². The minimum absolute atomic E-state index is 0.216. The zero-order chi connectivity index (χ0) is 15.5. The summed E-state index contributed by atoms with van der Waals surface area (Å²) in [6, 6.07) is 10.2. The van der Waals surface area contributed by atoms with Crippen molar-refractivity contribution in [1.82, 2.24) is 9.47 Å². The summed E-state index contributed by atoms with van der Waals surface area (Å²) in [7, 11) is 2.17. The SMILES string of the molecule is CCOC(=O)c1cc2ccccc2n1CC1CCN(C)CC1. The summed E-state index contributed by atoms with van der Waals surface area (Å²) in [5, 5.41) is 1.11. The summed E-state index contributed by atoms with van der Waals surface area (Å²) in [6.07, 6.45) is 2.37. The van der Waals surface area contributed by atoms with Gasteiger partial charge in [-0.15, -0.1) is 0 Å². The van der Waals surface area contributed by atoms with E-state index in [4.69, 9.17) is 4.74 Å². The van der Waals surface area contributed by atoms with Crippen LogP contribution in [0.1, 0.15) is 30.3 Å². The number of ether oxygens (including phenoxy) is 1. The number of piperidine rings is 1. The standard InChI is InChI=1S/C18H24N2O2/c1-3-22-18(21)17-12-15-6-4-5-7-16(15)20(17)13-14-8-10-19(2)11-9-14/h4-7,12,14H,3,8-11,13H2,1-2H3. The second-order valence-corrected chi connectivity index (χ2v) is 6.17. The maximum Gasteiger partial charge on any atom is 0.354 e. The van der Waals surface area contributed by atoms with E-state index in [2.05, 4.69) is 28.6 Å². The van der Waals surface area contributed by atoms with Gasteiger partial charge in [0.25, 0.3) is 0 Å². The minimum Gasteiger partial charge on any atom is -0.461 e. The van der Waals surface area contributed by atoms with Gasteiger partial charge in [-0.3, -0.25) is 0 Å². The molecule has 3 rings (SSSR count). The van der Waals surface area contributed by atoms with Crippen molar-refractivity contribution in [2.24, 2.45) is 5.92 Å². The second kappa shape index (κ2) is 6.53. The van der Waals surface area contributed by atoms with Gasteiger partial charge in [0.15, 0.2) is 0 Å². The Morgan fingerprint density at radius 1 is 1.27 bits per heavy atom. The van der Waals surface area contributed by atoms with Gasteiger partial charge in [-0.2, -0.15) is 0 Å². The molecule has 0 radical (unpaired) electrons. The van der Waals surface area contributed by atoms with Crippen molar-refractivity contribution in [3.63, 3.8) is 0 Å². The Bertz CT molecular complexity index is 654. The number of nitrogens with zero attached hydrogens (tertiary/aromatic N) is 2. The molecule has 118 valence electrons. The molecule has 0 N–H and O–H groups in total. The fourth-order valence-corrected chi connectivity index (χ4v) is 3.28. The van der Waals surface area contributed by atoms with Gasteiger partial charge in [-0.05, 0) is 58.0 Å². The molecular formula is C18H24N2O2. The first kappa shape index (κ1) is 15.1. The van der Waals surface area contributed by atoms with E-state index in [0.717, 1.165) is 30.5 Å². The van der Waals surface area contributed by atoms with Crippen molar-refractivity contribution in [3.05, 3.63) is 36.0 Å². The second-order valence-electron chi connectivity index (χ2n) is 6.17. The molecule has 2 heterocycles. The summed E-state index contributed by atoms with van der Waals surface area (Å²) in [5.74, 6) is 0.409. The lowest BCUT2D eigenvalue weighted by atomic mass is 9.97. The molecule has 0 aliphatic carbocycles. The summed E-state index contributed by atoms with van der Waals surface area (Å²) < 4.78 is 7.39. The van der Waals surface area contributed by atoms with E-state index in [0.29, 0.717) is 18.2 Å². The molecule has 0 saturated carbocycles. The van der Waals surface area contributed by atoms with E-state index in [1.807, 2.05) is 25.1 Å². The molecule has 4 nitrogen and oxygen atoms in total. The van der Waals surface area contributed by atoms with E-state index in [1.54, 1.807) is 0 Å². The minimum atomic E-state index is -0.216. The van der Waals surface area contributed by atoms with Crippen LogP contribution in [0.5, 0.6) is 0 Å². The molecule has 0 spiro atoms. The van der Waals surface area contributed by atoms with Crippen molar-refractivity contribution < 1.29 is 9.53 Å². The number of likely N-dealkylation sites (tertiary alicyclic amines) is 1. The number of hydrogen-bond donors (Lipinski definition) is 0. The van der Waals surface area contributed by atoms with Gasteiger partial charge in [0.1, 0.15) is 5.69 Å². The highest BCUT2D eigenvalue weighted by molar-refractivity contribution is 5.95. The number of rotatable bonds is 4. The van der Waals surface area contributed by atoms with Crippen molar-refractivity contribution in [2.75, 3.05) is 26.7 Å². The van der Waals surface area contributed by atoms with E-state index in [1.165, 1.54) is 12.8 Å². The van der Waals surface area contributed by atoms with Crippen LogP contribution in [-0.4, -0.2) is 42.2 Å². The van der Waals surface area contributed by atoms with Crippen LogP contribution < -0.4 is 0 Å². The third-order valence-corrected chi connectivity index (χ3v) is 4.57. The van der Waals surface area contributed by atoms with Gasteiger partial charge in [-0.25, -0.2) is 4.79 Å². The Hall–Kier alpha value is -1.81. The molecule has 0 unspecified atom stereocenters. The molecule has 1 aliphatic rings. The Morgan fingerprint density at radius 2 is 2.00 bits per heavy atom. The Morgan fingerprint density at radius 3 is 2.73 bits per heavy atom. The number of hydrogen-bond acceptors (Lipinski definition) is 3. The van der Waals surface area contributed by atoms with E-state index in [-0.39, 0.29) is 5.97 Å². The zero-order valence-corrected chi connectivity index (χ0v) is 13.4. The number of carbonyl (C=O) groups is 1. The molecule has 1 aromatic carbocycles. The summed E-state index contributed by atoms with van der Waals surface area (Å²) in [4.78, 5) is 14.6. The fraction of sp³-hybridized carbons (Fsp3) is 0.500. The molecule has 0 atom stereocenters. The Labute approximate surface area is 131 Å². The highest BCUT2D eigenvalue weighted by Gasteiger charge is 2.22. The Kier molecular flexibility index (Phi) is 4.48. The molecular weight excluding hydrogens is 276 g/mol. The van der Waals surface area contributed by atoms with Crippen LogP contribution in [0.15, 0.2) is 30.3 Å². The fourth-order valence-electron chi connectivity index (χ4n) is 3.28. The quantitative estimate of drug-likeness (QED) is 0.814. The van der Waals surface area contributed by atoms with Crippen molar-refractivity contribution >= 4 is 16.9 Å². The molecule has 0 bridgehead atoms. The number of benzene rings is 1. The van der Waals surface area contributed by atoms with Gasteiger partial charge >= 0.3 is 5.97 Å². The lowest BCUT2D eigenvalue weighted by Gasteiger charge is -2.29. The predicted molar refractivity (Wildman–Crippen MR) is 88.1 cm³/mol.